The quantitative estimate of drug-likeness (QED) is 0.739. The van der Waals surface area contributed by atoms with Gasteiger partial charge in [0, 0.05) is 5.02 Å². The normalized spacial score (nSPS) is 21.1. The molecule has 1 atom stereocenters. The lowest BCUT2D eigenvalue weighted by atomic mass is 9.91. The number of likely N-dealkylation sites (N-methyl/N-ethyl adjacent to an activating group) is 1. The molecule has 1 aromatic rings. The summed E-state index contributed by atoms with van der Waals surface area (Å²) in [6, 6.07) is 8.51. The Kier molecular flexibility index (Phi) is 5.93. The van der Waals surface area contributed by atoms with Gasteiger partial charge in [-0.1, -0.05) is 61.2 Å². The summed E-state index contributed by atoms with van der Waals surface area (Å²) in [5.74, 6) is 0. The zero-order valence-electron chi connectivity index (χ0n) is 11.8. The fourth-order valence-corrected chi connectivity index (χ4v) is 3.08. The van der Waals surface area contributed by atoms with Crippen molar-refractivity contribution in [2.75, 3.05) is 6.54 Å². The zero-order valence-corrected chi connectivity index (χ0v) is 12.5. The second-order valence-corrected chi connectivity index (χ2v) is 5.65. The van der Waals surface area contributed by atoms with E-state index in [-0.39, 0.29) is 6.04 Å². The van der Waals surface area contributed by atoms with E-state index in [2.05, 4.69) is 30.4 Å². The zero-order chi connectivity index (χ0) is 13.5. The van der Waals surface area contributed by atoms with Gasteiger partial charge in [-0.25, -0.2) is 0 Å². The number of hydrogen-bond acceptors (Lipinski definition) is 1. The molecule has 1 aliphatic carbocycles. The molecule has 0 saturated carbocycles. The maximum Gasteiger partial charge on any atom is 0.0550 e. The predicted molar refractivity (Wildman–Crippen MR) is 83.7 cm³/mol. The van der Waals surface area contributed by atoms with Gasteiger partial charge in [0.25, 0.3) is 0 Å². The average molecular weight is 278 g/mol. The minimum Gasteiger partial charge on any atom is -0.307 e. The number of allylic oxidation sites excluding steroid dienone is 1. The van der Waals surface area contributed by atoms with Crippen LogP contribution in [0.5, 0.6) is 0 Å². The van der Waals surface area contributed by atoms with Gasteiger partial charge in [-0.3, -0.25) is 0 Å². The molecule has 0 aliphatic heterocycles. The van der Waals surface area contributed by atoms with Crippen LogP contribution in [0, 0.1) is 0 Å². The van der Waals surface area contributed by atoms with Crippen molar-refractivity contribution in [2.45, 2.75) is 51.5 Å². The molecule has 0 aromatic heterocycles. The summed E-state index contributed by atoms with van der Waals surface area (Å²) in [5, 5.41) is 4.48. The first-order valence-corrected chi connectivity index (χ1v) is 7.87. The second kappa shape index (κ2) is 7.72. The van der Waals surface area contributed by atoms with E-state index in [0.29, 0.717) is 0 Å². The third kappa shape index (κ3) is 4.09. The van der Waals surface area contributed by atoms with E-state index in [1.54, 1.807) is 0 Å². The van der Waals surface area contributed by atoms with Crippen LogP contribution in [0.4, 0.5) is 0 Å². The van der Waals surface area contributed by atoms with E-state index in [1.807, 2.05) is 12.1 Å². The smallest absolute Gasteiger partial charge is 0.0550 e. The first kappa shape index (κ1) is 14.6. The minimum absolute atomic E-state index is 0.289. The van der Waals surface area contributed by atoms with Gasteiger partial charge >= 0.3 is 0 Å². The van der Waals surface area contributed by atoms with Crippen molar-refractivity contribution in [1.29, 1.82) is 0 Å². The Morgan fingerprint density at radius 2 is 1.95 bits per heavy atom. The first-order valence-electron chi connectivity index (χ1n) is 7.49. The highest BCUT2D eigenvalue weighted by Crippen LogP contribution is 2.32. The monoisotopic (exact) mass is 277 g/mol. The molecule has 0 fully saturated rings. The van der Waals surface area contributed by atoms with Crippen molar-refractivity contribution in [1.82, 2.24) is 5.32 Å². The summed E-state index contributed by atoms with van der Waals surface area (Å²) in [6.45, 7) is 3.13. The summed E-state index contributed by atoms with van der Waals surface area (Å²) in [6.07, 6.45) is 10.2. The molecular weight excluding hydrogens is 254 g/mol. The van der Waals surface area contributed by atoms with Gasteiger partial charge in [-0.15, -0.1) is 0 Å². The van der Waals surface area contributed by atoms with E-state index in [9.17, 15) is 0 Å². The van der Waals surface area contributed by atoms with Gasteiger partial charge < -0.3 is 5.32 Å². The van der Waals surface area contributed by atoms with Crippen LogP contribution in [0.25, 0.3) is 0 Å². The third-order valence-corrected chi connectivity index (χ3v) is 4.17. The molecular formula is C17H24ClN. The number of halogens is 1. The van der Waals surface area contributed by atoms with E-state index < -0.39 is 0 Å². The third-order valence-electron chi connectivity index (χ3n) is 3.82. The highest BCUT2D eigenvalue weighted by atomic mass is 35.5. The van der Waals surface area contributed by atoms with Crippen molar-refractivity contribution in [2.24, 2.45) is 0 Å². The van der Waals surface area contributed by atoms with Crippen molar-refractivity contribution in [3.05, 3.63) is 46.5 Å². The summed E-state index contributed by atoms with van der Waals surface area (Å²) in [5.41, 5.74) is 2.74. The Hall–Kier alpha value is -0.790. The second-order valence-electron chi connectivity index (χ2n) is 5.24. The van der Waals surface area contributed by atoms with Crippen LogP contribution in [-0.2, 0) is 0 Å². The number of hydrogen-bond donors (Lipinski definition) is 1. The fraction of sp³-hybridized carbons (Fsp3) is 0.529. The van der Waals surface area contributed by atoms with E-state index in [0.717, 1.165) is 11.6 Å². The molecule has 0 radical (unpaired) electrons. The largest absolute Gasteiger partial charge is 0.307 e. The number of rotatable bonds is 4. The molecule has 0 spiro atoms. The fourth-order valence-electron chi connectivity index (χ4n) is 2.83. The van der Waals surface area contributed by atoms with E-state index in [4.69, 9.17) is 11.6 Å². The highest BCUT2D eigenvalue weighted by molar-refractivity contribution is 6.31. The minimum atomic E-state index is 0.289. The lowest BCUT2D eigenvalue weighted by Gasteiger charge is -2.24. The molecule has 1 aliphatic rings. The molecule has 19 heavy (non-hydrogen) atoms. The van der Waals surface area contributed by atoms with Crippen LogP contribution in [0.3, 0.4) is 0 Å². The summed E-state index contributed by atoms with van der Waals surface area (Å²) in [4.78, 5) is 0. The lowest BCUT2D eigenvalue weighted by molar-refractivity contribution is 0.554. The molecule has 1 unspecified atom stereocenters. The van der Waals surface area contributed by atoms with Crippen LogP contribution in [-0.4, -0.2) is 6.54 Å². The number of benzene rings is 1. The van der Waals surface area contributed by atoms with E-state index in [1.165, 1.54) is 49.7 Å². The molecule has 1 N–H and O–H groups in total. The molecule has 0 bridgehead atoms. The Morgan fingerprint density at radius 1 is 1.16 bits per heavy atom. The van der Waals surface area contributed by atoms with Crippen LogP contribution < -0.4 is 5.32 Å². The maximum absolute atomic E-state index is 6.38. The van der Waals surface area contributed by atoms with Crippen LogP contribution in [0.15, 0.2) is 35.9 Å². The van der Waals surface area contributed by atoms with Crippen molar-refractivity contribution >= 4 is 11.6 Å². The molecule has 1 aromatic carbocycles. The molecule has 0 amide bonds. The highest BCUT2D eigenvalue weighted by Gasteiger charge is 2.18. The van der Waals surface area contributed by atoms with Gasteiger partial charge in [0.05, 0.1) is 6.04 Å². The van der Waals surface area contributed by atoms with Gasteiger partial charge in [-0.2, -0.15) is 0 Å². The standard InChI is InChI=1S/C17H24ClN/c1-2-19-17(15-12-8-9-13-16(15)18)14-10-6-4-3-5-7-11-14/h8-10,12-13,17,19H,2-7,11H2,1H3/b14-10+. The Morgan fingerprint density at radius 3 is 2.74 bits per heavy atom. The molecule has 1 nitrogen and oxygen atoms in total. The topological polar surface area (TPSA) is 12.0 Å². The van der Waals surface area contributed by atoms with Gasteiger partial charge in [0.1, 0.15) is 0 Å². The summed E-state index contributed by atoms with van der Waals surface area (Å²) < 4.78 is 0. The van der Waals surface area contributed by atoms with Gasteiger partial charge in [0.2, 0.25) is 0 Å². The maximum atomic E-state index is 6.38. The van der Waals surface area contributed by atoms with E-state index >= 15 is 0 Å². The Bertz CT molecular complexity index is 425. The molecule has 2 rings (SSSR count). The lowest BCUT2D eigenvalue weighted by Crippen LogP contribution is -2.23. The first-order chi connectivity index (χ1) is 9.33. The van der Waals surface area contributed by atoms with Crippen molar-refractivity contribution < 1.29 is 0 Å². The summed E-state index contributed by atoms with van der Waals surface area (Å²) in [7, 11) is 0. The Labute approximate surface area is 122 Å². The van der Waals surface area contributed by atoms with Crippen LogP contribution in [0.1, 0.15) is 57.1 Å². The Balaban J connectivity index is 2.25. The number of nitrogens with one attached hydrogen (secondary N) is 1. The summed E-state index contributed by atoms with van der Waals surface area (Å²) >= 11 is 6.38. The predicted octanol–water partition coefficient (Wildman–Crippen LogP) is 5.27. The van der Waals surface area contributed by atoms with Gasteiger partial charge in [-0.05, 0) is 43.9 Å². The molecule has 2 heteroatoms. The van der Waals surface area contributed by atoms with Crippen molar-refractivity contribution in [3.8, 4) is 0 Å². The average Bonchev–Trinajstić information content (AvgIpc) is 2.37. The molecule has 0 saturated heterocycles. The van der Waals surface area contributed by atoms with Crippen LogP contribution >= 0.6 is 11.6 Å². The molecule has 0 heterocycles. The van der Waals surface area contributed by atoms with Crippen LogP contribution in [0.2, 0.25) is 5.02 Å². The molecule has 104 valence electrons. The SMILES string of the molecule is CCNC(/C1=C/CCCCCC1)c1ccccc1Cl. The van der Waals surface area contributed by atoms with Crippen molar-refractivity contribution in [3.63, 3.8) is 0 Å². The van der Waals surface area contributed by atoms with Gasteiger partial charge in [0.15, 0.2) is 0 Å².